The van der Waals surface area contributed by atoms with E-state index in [2.05, 4.69) is 29.6 Å². The topological polar surface area (TPSA) is 277 Å². The maximum Gasteiger partial charge on any atom is 0.510 e. The summed E-state index contributed by atoms with van der Waals surface area (Å²) in [5.41, 5.74) is 0.501. The molecule has 60 heavy (non-hydrogen) atoms. The predicted octanol–water partition coefficient (Wildman–Crippen LogP) is 5.44. The molecule has 2 atom stereocenters. The Morgan fingerprint density at radius 1 is 0.900 bits per heavy atom. The standard InChI is InChI=1S/C37H45N7O15S/c1-25(57-36(46)55-22-10-6-7-12-27(59-44(49)50)24-56-43(47)48)42(60(51,52)28-17-15-26(16-18-28)37(2,3)4)34-31(58-30-14-9-8-13-29(30)53-5)35(54-23-21-45)41-33(40-34)32-38-19-11-20-39-32/h8-9,11,13-20,25,27,45H,6-7,10,12,21-24H2,1-5H3. The van der Waals surface area contributed by atoms with Crippen LogP contribution in [0.2, 0.25) is 0 Å². The number of para-hydroxylation sites is 2. The first-order chi connectivity index (χ1) is 28.5. The van der Waals surface area contributed by atoms with Crippen LogP contribution in [-0.4, -0.2) is 95.7 Å². The molecule has 0 radical (unpaired) electrons. The second-order valence-corrected chi connectivity index (χ2v) is 15.4. The summed E-state index contributed by atoms with van der Waals surface area (Å²) in [5, 5.41) is 28.8. The molecular formula is C37H45N7O15S. The average molecular weight is 860 g/mol. The molecule has 0 spiro atoms. The number of carbonyl (C=O) groups is 1. The second-order valence-electron chi connectivity index (χ2n) is 13.6. The summed E-state index contributed by atoms with van der Waals surface area (Å²) in [4.78, 5) is 60.2. The van der Waals surface area contributed by atoms with E-state index in [9.17, 15) is 38.5 Å². The third-order valence-corrected chi connectivity index (χ3v) is 10.1. The maximum absolute atomic E-state index is 14.9. The van der Waals surface area contributed by atoms with Gasteiger partial charge in [-0.1, -0.05) is 51.5 Å². The van der Waals surface area contributed by atoms with Gasteiger partial charge in [-0.05, 0) is 67.5 Å². The zero-order valence-corrected chi connectivity index (χ0v) is 34.2. The van der Waals surface area contributed by atoms with E-state index >= 15 is 0 Å². The van der Waals surface area contributed by atoms with Crippen LogP contribution in [0.15, 0.2) is 71.9 Å². The highest BCUT2D eigenvalue weighted by atomic mass is 32.2. The van der Waals surface area contributed by atoms with Crippen LogP contribution in [0.1, 0.15) is 58.9 Å². The fourth-order valence-corrected chi connectivity index (χ4v) is 6.90. The van der Waals surface area contributed by atoms with Crippen LogP contribution in [0.5, 0.6) is 23.1 Å². The predicted molar refractivity (Wildman–Crippen MR) is 209 cm³/mol. The van der Waals surface area contributed by atoms with E-state index in [-0.39, 0.29) is 77.6 Å². The van der Waals surface area contributed by atoms with Crippen LogP contribution in [0.25, 0.3) is 11.6 Å². The second kappa shape index (κ2) is 21.4. The van der Waals surface area contributed by atoms with E-state index in [1.165, 1.54) is 44.6 Å². The molecule has 2 unspecified atom stereocenters. The molecule has 0 saturated heterocycles. The summed E-state index contributed by atoms with van der Waals surface area (Å²) in [5.74, 6) is -1.15. The smallest absolute Gasteiger partial charge is 0.493 e. The molecule has 0 aliphatic carbocycles. The number of aliphatic hydroxyl groups is 1. The Morgan fingerprint density at radius 2 is 1.58 bits per heavy atom. The Hall–Kier alpha value is -6.62. The number of aromatic nitrogens is 4. The van der Waals surface area contributed by atoms with E-state index < -0.39 is 57.7 Å². The van der Waals surface area contributed by atoms with Gasteiger partial charge in [0.05, 0.1) is 25.2 Å². The molecule has 0 aliphatic heterocycles. The average Bonchev–Trinajstić information content (AvgIpc) is 3.21. The molecule has 4 aromatic rings. The molecule has 2 aromatic carbocycles. The number of nitrogens with zero attached hydrogens (tertiary/aromatic N) is 7. The van der Waals surface area contributed by atoms with Crippen molar-refractivity contribution in [2.75, 3.05) is 37.8 Å². The lowest BCUT2D eigenvalue weighted by Gasteiger charge is -2.30. The summed E-state index contributed by atoms with van der Waals surface area (Å²) in [6, 6.07) is 14.1. The van der Waals surface area contributed by atoms with Crippen LogP contribution in [0, 0.1) is 20.2 Å². The third kappa shape index (κ3) is 12.9. The van der Waals surface area contributed by atoms with E-state index in [1.807, 2.05) is 20.8 Å². The van der Waals surface area contributed by atoms with Gasteiger partial charge in [0.2, 0.25) is 11.6 Å². The normalized spacial score (nSPS) is 12.4. The van der Waals surface area contributed by atoms with Gasteiger partial charge in [0.25, 0.3) is 26.1 Å². The van der Waals surface area contributed by atoms with Crippen molar-refractivity contribution < 1.29 is 61.9 Å². The summed E-state index contributed by atoms with van der Waals surface area (Å²) in [6.07, 6.45) is -0.483. The van der Waals surface area contributed by atoms with Crippen LogP contribution in [0.3, 0.4) is 0 Å². The number of sulfonamides is 1. The first-order valence-electron chi connectivity index (χ1n) is 18.4. The first-order valence-corrected chi connectivity index (χ1v) is 19.8. The van der Waals surface area contributed by atoms with Gasteiger partial charge in [-0.15, -0.1) is 20.2 Å². The van der Waals surface area contributed by atoms with Crippen molar-refractivity contribution in [3.8, 4) is 34.8 Å². The number of hydrogen-bond acceptors (Lipinski definition) is 19. The molecular weight excluding hydrogens is 815 g/mol. The van der Waals surface area contributed by atoms with E-state index in [0.717, 1.165) is 5.56 Å². The molecule has 324 valence electrons. The highest BCUT2D eigenvalue weighted by Gasteiger charge is 2.38. The highest BCUT2D eigenvalue weighted by molar-refractivity contribution is 7.92. The van der Waals surface area contributed by atoms with Crippen LogP contribution >= 0.6 is 0 Å². The minimum atomic E-state index is -4.75. The zero-order chi connectivity index (χ0) is 43.9. The molecule has 0 bridgehead atoms. The summed E-state index contributed by atoms with van der Waals surface area (Å²) < 4.78 is 58.9. The number of aliphatic hydroxyl groups excluding tert-OH is 1. The van der Waals surface area contributed by atoms with Crippen molar-refractivity contribution in [2.24, 2.45) is 0 Å². The maximum atomic E-state index is 14.9. The molecule has 0 saturated carbocycles. The lowest BCUT2D eigenvalue weighted by Crippen LogP contribution is -2.42. The summed E-state index contributed by atoms with van der Waals surface area (Å²) in [7, 11) is -3.35. The molecule has 4 rings (SSSR count). The molecule has 23 heteroatoms. The van der Waals surface area contributed by atoms with Gasteiger partial charge in [-0.3, -0.25) is 0 Å². The van der Waals surface area contributed by atoms with Crippen molar-refractivity contribution in [3.63, 3.8) is 0 Å². The number of anilines is 1. The Bertz CT molecular complexity index is 2160. The SMILES string of the molecule is COc1ccccc1Oc1c(OCCO)nc(-c2ncccn2)nc1N(C(C)OC(=O)OCCCCCC(CO[N+](=O)[O-])O[N+](=O)[O-])S(=O)(=O)c1ccc(C(C)(C)C)cc1. The van der Waals surface area contributed by atoms with Crippen molar-refractivity contribution in [3.05, 3.63) is 92.8 Å². The fraction of sp³-hybridized carbons (Fsp3) is 0.432. The number of rotatable bonds is 23. The number of carbonyl (C=O) groups excluding carboxylic acids is 1. The van der Waals surface area contributed by atoms with E-state index in [4.69, 9.17) is 23.7 Å². The number of benzene rings is 2. The van der Waals surface area contributed by atoms with Crippen LogP contribution < -0.4 is 18.5 Å². The molecule has 0 fully saturated rings. The van der Waals surface area contributed by atoms with Gasteiger partial charge < -0.3 is 38.5 Å². The Morgan fingerprint density at radius 3 is 2.20 bits per heavy atom. The Balaban J connectivity index is 1.74. The van der Waals surface area contributed by atoms with E-state index in [0.29, 0.717) is 10.7 Å². The Labute approximate surface area is 344 Å². The van der Waals surface area contributed by atoms with Gasteiger partial charge in [0, 0.05) is 12.4 Å². The van der Waals surface area contributed by atoms with Gasteiger partial charge in [0.15, 0.2) is 29.4 Å². The number of unbranched alkanes of at least 4 members (excludes halogenated alkanes) is 2. The first kappa shape index (κ1) is 46.1. The summed E-state index contributed by atoms with van der Waals surface area (Å²) >= 11 is 0. The van der Waals surface area contributed by atoms with Crippen LogP contribution in [-0.2, 0) is 34.6 Å². The number of ether oxygens (including phenoxy) is 5. The number of hydrogen-bond donors (Lipinski definition) is 1. The molecule has 0 amide bonds. The van der Waals surface area contributed by atoms with Gasteiger partial charge in [0.1, 0.15) is 19.3 Å². The van der Waals surface area contributed by atoms with Crippen molar-refractivity contribution in [1.29, 1.82) is 0 Å². The molecule has 0 aliphatic rings. The van der Waals surface area contributed by atoms with Gasteiger partial charge >= 0.3 is 6.16 Å². The van der Waals surface area contributed by atoms with Crippen LogP contribution in [0.4, 0.5) is 10.6 Å². The minimum Gasteiger partial charge on any atom is -0.493 e. The molecule has 2 heterocycles. The lowest BCUT2D eigenvalue weighted by atomic mass is 9.87. The van der Waals surface area contributed by atoms with Crippen molar-refractivity contribution in [1.82, 2.24) is 19.9 Å². The van der Waals surface area contributed by atoms with Crippen molar-refractivity contribution >= 4 is 22.0 Å². The number of methoxy groups -OCH3 is 1. The monoisotopic (exact) mass is 859 g/mol. The largest absolute Gasteiger partial charge is 0.510 e. The van der Waals surface area contributed by atoms with Gasteiger partial charge in [-0.25, -0.2) is 32.5 Å². The van der Waals surface area contributed by atoms with Gasteiger partial charge in [-0.2, -0.15) is 4.98 Å². The summed E-state index contributed by atoms with van der Waals surface area (Å²) in [6.45, 7) is 5.49. The Kier molecular flexibility index (Phi) is 16.4. The lowest BCUT2D eigenvalue weighted by molar-refractivity contribution is -0.790. The highest BCUT2D eigenvalue weighted by Crippen LogP contribution is 2.44. The van der Waals surface area contributed by atoms with Crippen molar-refractivity contribution in [2.45, 2.75) is 76.0 Å². The minimum absolute atomic E-state index is 0.0259. The molecule has 22 nitrogen and oxygen atoms in total. The van der Waals surface area contributed by atoms with E-state index in [1.54, 1.807) is 36.4 Å². The third-order valence-electron chi connectivity index (χ3n) is 8.27. The zero-order valence-electron chi connectivity index (χ0n) is 33.4. The quantitative estimate of drug-likeness (QED) is 0.0319. The molecule has 1 N–H and O–H groups in total. The fourth-order valence-electron chi connectivity index (χ4n) is 5.41. The molecule has 2 aromatic heterocycles.